The second-order valence-electron chi connectivity index (χ2n) is 6.07. The number of carbonyl (C=O) groups is 2. The van der Waals surface area contributed by atoms with Crippen molar-refractivity contribution in [2.24, 2.45) is 11.7 Å². The number of aryl methyl sites for hydroxylation is 1. The van der Waals surface area contributed by atoms with Crippen molar-refractivity contribution in [2.75, 3.05) is 0 Å². The molecule has 124 valence electrons. The minimum absolute atomic E-state index is 0.0592. The SMILES string of the molecule is CC(C)CCn1c(=O)n(C(C)C(N)=O)c2cc(C(=O)O)ccc21. The van der Waals surface area contributed by atoms with Gasteiger partial charge >= 0.3 is 11.7 Å². The van der Waals surface area contributed by atoms with Crippen LogP contribution in [-0.2, 0) is 11.3 Å². The number of nitrogens with two attached hydrogens (primary N) is 1. The highest BCUT2D eigenvalue weighted by molar-refractivity contribution is 5.93. The van der Waals surface area contributed by atoms with Crippen LogP contribution in [0.2, 0.25) is 0 Å². The topological polar surface area (TPSA) is 107 Å². The zero-order chi connectivity index (χ0) is 17.3. The number of aromatic carboxylic acids is 1. The summed E-state index contributed by atoms with van der Waals surface area (Å²) in [6.07, 6.45) is 0.796. The molecule has 1 amide bonds. The summed E-state index contributed by atoms with van der Waals surface area (Å²) in [5.41, 5.74) is 6.05. The van der Waals surface area contributed by atoms with Gasteiger partial charge in [0.05, 0.1) is 16.6 Å². The Morgan fingerprint density at radius 2 is 1.87 bits per heavy atom. The van der Waals surface area contributed by atoms with Gasteiger partial charge in [0, 0.05) is 6.54 Å². The predicted molar refractivity (Wildman–Crippen MR) is 86.5 cm³/mol. The fourth-order valence-electron chi connectivity index (χ4n) is 2.52. The van der Waals surface area contributed by atoms with E-state index in [0.717, 1.165) is 6.42 Å². The van der Waals surface area contributed by atoms with E-state index < -0.39 is 17.9 Å². The summed E-state index contributed by atoms with van der Waals surface area (Å²) >= 11 is 0. The summed E-state index contributed by atoms with van der Waals surface area (Å²) < 4.78 is 2.84. The van der Waals surface area contributed by atoms with E-state index in [1.807, 2.05) is 0 Å². The summed E-state index contributed by atoms with van der Waals surface area (Å²) in [7, 11) is 0. The van der Waals surface area contributed by atoms with Gasteiger partial charge in [-0.05, 0) is 37.5 Å². The molecule has 0 radical (unpaired) electrons. The van der Waals surface area contributed by atoms with Crippen molar-refractivity contribution in [3.05, 3.63) is 34.2 Å². The van der Waals surface area contributed by atoms with Crippen LogP contribution in [-0.4, -0.2) is 26.1 Å². The lowest BCUT2D eigenvalue weighted by atomic mass is 10.1. The van der Waals surface area contributed by atoms with Crippen LogP contribution < -0.4 is 11.4 Å². The normalized spacial score (nSPS) is 12.7. The maximum atomic E-state index is 12.7. The first-order valence-corrected chi connectivity index (χ1v) is 7.51. The number of benzene rings is 1. The number of carbonyl (C=O) groups excluding carboxylic acids is 1. The standard InChI is InChI=1S/C16H21N3O4/c1-9(2)6-7-18-12-5-4-11(15(21)22)8-13(12)19(16(18)23)10(3)14(17)20/h4-5,8-10H,6-7H2,1-3H3,(H2,17,20)(H,21,22). The third-order valence-corrected chi connectivity index (χ3v) is 3.94. The Kier molecular flexibility index (Phi) is 4.58. The Labute approximate surface area is 133 Å². The van der Waals surface area contributed by atoms with Crippen molar-refractivity contribution in [3.63, 3.8) is 0 Å². The highest BCUT2D eigenvalue weighted by Crippen LogP contribution is 2.20. The molecule has 0 saturated heterocycles. The lowest BCUT2D eigenvalue weighted by Gasteiger charge is -2.09. The molecular weight excluding hydrogens is 298 g/mol. The first-order valence-electron chi connectivity index (χ1n) is 7.51. The van der Waals surface area contributed by atoms with Crippen LogP contribution in [0.25, 0.3) is 11.0 Å². The van der Waals surface area contributed by atoms with Crippen LogP contribution in [0.1, 0.15) is 43.6 Å². The molecule has 7 heteroatoms. The van der Waals surface area contributed by atoms with Crippen molar-refractivity contribution in [1.29, 1.82) is 0 Å². The van der Waals surface area contributed by atoms with Crippen LogP contribution in [0.4, 0.5) is 0 Å². The number of aromatic nitrogens is 2. The second kappa shape index (κ2) is 6.28. The molecule has 7 nitrogen and oxygen atoms in total. The van der Waals surface area contributed by atoms with E-state index in [9.17, 15) is 14.4 Å². The number of hydrogen-bond donors (Lipinski definition) is 2. The third-order valence-electron chi connectivity index (χ3n) is 3.94. The summed E-state index contributed by atoms with van der Waals surface area (Å²) in [5.74, 6) is -1.32. The van der Waals surface area contributed by atoms with Crippen LogP contribution in [0.3, 0.4) is 0 Å². The molecule has 1 heterocycles. The molecule has 0 saturated carbocycles. The van der Waals surface area contributed by atoms with Crippen LogP contribution in [0.5, 0.6) is 0 Å². The van der Waals surface area contributed by atoms with Crippen LogP contribution in [0, 0.1) is 5.92 Å². The minimum Gasteiger partial charge on any atom is -0.478 e. The Morgan fingerprint density at radius 3 is 2.39 bits per heavy atom. The number of carboxylic acid groups (broad SMARTS) is 1. The number of rotatable bonds is 6. The van der Waals surface area contributed by atoms with Crippen molar-refractivity contribution in [1.82, 2.24) is 9.13 Å². The van der Waals surface area contributed by atoms with Crippen molar-refractivity contribution >= 4 is 22.9 Å². The lowest BCUT2D eigenvalue weighted by Crippen LogP contribution is -2.33. The number of primary amides is 1. The van der Waals surface area contributed by atoms with E-state index in [1.165, 1.54) is 23.6 Å². The average molecular weight is 319 g/mol. The van der Waals surface area contributed by atoms with Crippen molar-refractivity contribution < 1.29 is 14.7 Å². The van der Waals surface area contributed by atoms with E-state index in [1.54, 1.807) is 10.6 Å². The number of imidazole rings is 1. The average Bonchev–Trinajstić information content (AvgIpc) is 2.74. The molecule has 1 aromatic carbocycles. The summed E-state index contributed by atoms with van der Waals surface area (Å²) in [6.45, 7) is 6.14. The van der Waals surface area contributed by atoms with Gasteiger partial charge in [0.15, 0.2) is 0 Å². The third kappa shape index (κ3) is 3.13. The fourth-order valence-corrected chi connectivity index (χ4v) is 2.52. The lowest BCUT2D eigenvalue weighted by molar-refractivity contribution is -0.120. The van der Waals surface area contributed by atoms with Crippen molar-refractivity contribution in [2.45, 2.75) is 39.8 Å². The van der Waals surface area contributed by atoms with E-state index in [2.05, 4.69) is 13.8 Å². The molecule has 0 bridgehead atoms. The van der Waals surface area contributed by atoms with Gasteiger partial charge in [-0.2, -0.15) is 0 Å². The van der Waals surface area contributed by atoms with Gasteiger partial charge in [-0.25, -0.2) is 9.59 Å². The smallest absolute Gasteiger partial charge is 0.335 e. The number of nitrogens with zero attached hydrogens (tertiary/aromatic N) is 2. The molecule has 0 aliphatic rings. The zero-order valence-electron chi connectivity index (χ0n) is 13.4. The molecular formula is C16H21N3O4. The molecule has 0 fully saturated rings. The van der Waals surface area contributed by atoms with Gasteiger partial charge in [0.2, 0.25) is 5.91 Å². The molecule has 1 atom stereocenters. The van der Waals surface area contributed by atoms with E-state index >= 15 is 0 Å². The van der Waals surface area contributed by atoms with Crippen molar-refractivity contribution in [3.8, 4) is 0 Å². The Hall–Kier alpha value is -2.57. The fraction of sp³-hybridized carbons (Fsp3) is 0.438. The molecule has 1 unspecified atom stereocenters. The molecule has 23 heavy (non-hydrogen) atoms. The highest BCUT2D eigenvalue weighted by atomic mass is 16.4. The van der Waals surface area contributed by atoms with Gasteiger partial charge in [-0.1, -0.05) is 13.8 Å². The zero-order valence-corrected chi connectivity index (χ0v) is 13.4. The number of amides is 1. The summed E-state index contributed by atoms with van der Waals surface area (Å²) in [4.78, 5) is 35.4. The van der Waals surface area contributed by atoms with E-state index in [4.69, 9.17) is 10.8 Å². The monoisotopic (exact) mass is 319 g/mol. The minimum atomic E-state index is -1.09. The molecule has 2 rings (SSSR count). The van der Waals surface area contributed by atoms with E-state index in [0.29, 0.717) is 23.5 Å². The molecule has 0 spiro atoms. The maximum Gasteiger partial charge on any atom is 0.335 e. The first-order chi connectivity index (χ1) is 10.7. The number of carboxylic acids is 1. The van der Waals surface area contributed by atoms with Gasteiger partial charge < -0.3 is 10.8 Å². The molecule has 2 aromatic rings. The number of fused-ring (bicyclic) bond motifs is 1. The predicted octanol–water partition coefficient (Wildman–Crippen LogP) is 1.59. The molecule has 3 N–H and O–H groups in total. The number of hydrogen-bond acceptors (Lipinski definition) is 3. The Morgan fingerprint density at radius 1 is 1.22 bits per heavy atom. The largest absolute Gasteiger partial charge is 0.478 e. The van der Waals surface area contributed by atoms with Gasteiger partial charge in [-0.15, -0.1) is 0 Å². The first kappa shape index (κ1) is 16.8. The molecule has 1 aromatic heterocycles. The summed E-state index contributed by atoms with van der Waals surface area (Å²) in [5, 5.41) is 9.15. The van der Waals surface area contributed by atoms with Gasteiger partial charge in [0.1, 0.15) is 6.04 Å². The van der Waals surface area contributed by atoms with Crippen LogP contribution >= 0.6 is 0 Å². The molecule has 0 aliphatic carbocycles. The second-order valence-corrected chi connectivity index (χ2v) is 6.07. The van der Waals surface area contributed by atoms with Gasteiger partial charge in [-0.3, -0.25) is 13.9 Å². The highest BCUT2D eigenvalue weighted by Gasteiger charge is 2.22. The van der Waals surface area contributed by atoms with Gasteiger partial charge in [0.25, 0.3) is 0 Å². The summed E-state index contributed by atoms with van der Waals surface area (Å²) in [6, 6.07) is 3.61. The Balaban J connectivity index is 2.72. The Bertz CT molecular complexity index is 817. The maximum absolute atomic E-state index is 12.7. The molecule has 0 aliphatic heterocycles. The van der Waals surface area contributed by atoms with E-state index in [-0.39, 0.29) is 11.3 Å². The van der Waals surface area contributed by atoms with Crippen LogP contribution in [0.15, 0.2) is 23.0 Å². The quantitative estimate of drug-likeness (QED) is 0.843.